The summed E-state index contributed by atoms with van der Waals surface area (Å²) in [4.78, 5) is 11.9. The highest BCUT2D eigenvalue weighted by molar-refractivity contribution is 9.10. The average molecular weight is 437 g/mol. The average Bonchev–Trinajstić information content (AvgIpc) is 3.02. The lowest BCUT2D eigenvalue weighted by molar-refractivity contribution is -0.123. The van der Waals surface area contributed by atoms with Gasteiger partial charge in [-0.2, -0.15) is 5.10 Å². The van der Waals surface area contributed by atoms with Crippen LogP contribution in [-0.2, 0) is 11.3 Å². The van der Waals surface area contributed by atoms with E-state index < -0.39 is 0 Å². The lowest BCUT2D eigenvalue weighted by atomic mass is 10.3. The van der Waals surface area contributed by atoms with Crippen LogP contribution in [-0.4, -0.2) is 33.2 Å². The molecule has 26 heavy (non-hydrogen) atoms. The summed E-state index contributed by atoms with van der Waals surface area (Å²) in [5.74, 6) is 0.161. The minimum atomic E-state index is -0.366. The topological polar surface area (TPSA) is 81.4 Å². The molecule has 3 rings (SSSR count). The van der Waals surface area contributed by atoms with E-state index in [-0.39, 0.29) is 12.5 Å². The second-order valence-electron chi connectivity index (χ2n) is 5.48. The Morgan fingerprint density at radius 2 is 2.15 bits per heavy atom. The molecule has 1 N–H and O–H groups in total. The zero-order valence-electron chi connectivity index (χ0n) is 13.8. The van der Waals surface area contributed by atoms with E-state index in [4.69, 9.17) is 16.3 Å². The molecule has 1 aromatic heterocycles. The molecule has 0 aliphatic carbocycles. The molecule has 134 valence electrons. The SMILES string of the molecule is C/C(Cn1nnc2ccccc21)=N\NC(=O)COc1ccc(Cl)cc1Br. The normalized spacial score (nSPS) is 11.6. The van der Waals surface area contributed by atoms with Crippen molar-refractivity contribution in [1.82, 2.24) is 20.4 Å². The van der Waals surface area contributed by atoms with E-state index in [9.17, 15) is 4.79 Å². The molecule has 0 saturated heterocycles. The summed E-state index contributed by atoms with van der Waals surface area (Å²) in [6.07, 6.45) is 0. The smallest absolute Gasteiger partial charge is 0.277 e. The van der Waals surface area contributed by atoms with E-state index in [0.29, 0.717) is 27.5 Å². The largest absolute Gasteiger partial charge is 0.483 e. The summed E-state index contributed by atoms with van der Waals surface area (Å²) in [7, 11) is 0. The Balaban J connectivity index is 1.54. The van der Waals surface area contributed by atoms with Crippen molar-refractivity contribution in [2.75, 3.05) is 6.61 Å². The van der Waals surface area contributed by atoms with Gasteiger partial charge in [0.05, 0.1) is 22.2 Å². The summed E-state index contributed by atoms with van der Waals surface area (Å²) in [6.45, 7) is 2.06. The van der Waals surface area contributed by atoms with Gasteiger partial charge in [-0.25, -0.2) is 10.1 Å². The van der Waals surface area contributed by atoms with Crippen LogP contribution in [0.1, 0.15) is 6.92 Å². The number of hydrogen-bond acceptors (Lipinski definition) is 5. The number of nitrogens with one attached hydrogen (secondary N) is 1. The molecule has 0 bridgehead atoms. The van der Waals surface area contributed by atoms with E-state index in [1.54, 1.807) is 29.8 Å². The maximum Gasteiger partial charge on any atom is 0.277 e. The Kier molecular flexibility index (Phi) is 5.85. The first-order chi connectivity index (χ1) is 12.5. The molecule has 1 heterocycles. The fourth-order valence-electron chi connectivity index (χ4n) is 2.21. The zero-order chi connectivity index (χ0) is 18.5. The van der Waals surface area contributed by atoms with Crippen LogP contribution in [0.3, 0.4) is 0 Å². The molecule has 2 aromatic carbocycles. The monoisotopic (exact) mass is 435 g/mol. The highest BCUT2D eigenvalue weighted by Crippen LogP contribution is 2.27. The quantitative estimate of drug-likeness (QED) is 0.474. The third-order valence-corrected chi connectivity index (χ3v) is 4.28. The maximum absolute atomic E-state index is 11.9. The molecule has 0 aliphatic heterocycles. The number of carbonyl (C=O) groups excluding carboxylic acids is 1. The number of amides is 1. The van der Waals surface area contributed by atoms with Gasteiger partial charge in [-0.1, -0.05) is 28.9 Å². The number of ether oxygens (including phenoxy) is 1. The third kappa shape index (κ3) is 4.59. The van der Waals surface area contributed by atoms with Crippen molar-refractivity contribution < 1.29 is 9.53 Å². The van der Waals surface area contributed by atoms with Gasteiger partial charge in [-0.3, -0.25) is 4.79 Å². The number of halogens is 2. The number of para-hydroxylation sites is 1. The van der Waals surface area contributed by atoms with Crippen molar-refractivity contribution in [3.8, 4) is 5.75 Å². The first kappa shape index (κ1) is 18.3. The lowest BCUT2D eigenvalue weighted by Crippen LogP contribution is -2.26. The van der Waals surface area contributed by atoms with Gasteiger partial charge in [-0.05, 0) is 53.2 Å². The van der Waals surface area contributed by atoms with E-state index in [2.05, 4.69) is 36.8 Å². The number of fused-ring (bicyclic) bond motifs is 1. The summed E-state index contributed by atoms with van der Waals surface area (Å²) in [5.41, 5.74) is 4.87. The highest BCUT2D eigenvalue weighted by Gasteiger charge is 2.07. The van der Waals surface area contributed by atoms with E-state index in [1.807, 2.05) is 24.3 Å². The molecule has 7 nitrogen and oxygen atoms in total. The molecule has 0 fully saturated rings. The second kappa shape index (κ2) is 8.29. The first-order valence-corrected chi connectivity index (χ1v) is 8.88. The van der Waals surface area contributed by atoms with E-state index >= 15 is 0 Å². The van der Waals surface area contributed by atoms with Gasteiger partial charge in [-0.15, -0.1) is 5.10 Å². The van der Waals surface area contributed by atoms with Crippen molar-refractivity contribution in [1.29, 1.82) is 0 Å². The van der Waals surface area contributed by atoms with Gasteiger partial charge < -0.3 is 4.74 Å². The minimum Gasteiger partial charge on any atom is -0.483 e. The van der Waals surface area contributed by atoms with Crippen LogP contribution in [0.4, 0.5) is 0 Å². The number of nitrogens with zero attached hydrogens (tertiary/aromatic N) is 4. The van der Waals surface area contributed by atoms with Crippen molar-refractivity contribution in [2.24, 2.45) is 5.10 Å². The van der Waals surface area contributed by atoms with Gasteiger partial charge in [0.1, 0.15) is 11.3 Å². The Morgan fingerprint density at radius 3 is 2.96 bits per heavy atom. The zero-order valence-corrected chi connectivity index (χ0v) is 16.2. The van der Waals surface area contributed by atoms with E-state index in [1.165, 1.54) is 0 Å². The van der Waals surface area contributed by atoms with Gasteiger partial charge in [0, 0.05) is 5.02 Å². The lowest BCUT2D eigenvalue weighted by Gasteiger charge is -2.08. The van der Waals surface area contributed by atoms with Crippen LogP contribution < -0.4 is 10.2 Å². The maximum atomic E-state index is 11.9. The first-order valence-electron chi connectivity index (χ1n) is 7.71. The number of hydrogen-bond donors (Lipinski definition) is 1. The summed E-state index contributed by atoms with van der Waals surface area (Å²) in [6, 6.07) is 12.7. The fraction of sp³-hybridized carbons (Fsp3) is 0.176. The summed E-state index contributed by atoms with van der Waals surface area (Å²) < 4.78 is 7.84. The predicted octanol–water partition coefficient (Wildman–Crippen LogP) is 3.42. The van der Waals surface area contributed by atoms with E-state index in [0.717, 1.165) is 11.0 Å². The molecular weight excluding hydrogens is 422 g/mol. The number of benzene rings is 2. The molecule has 3 aromatic rings. The van der Waals surface area contributed by atoms with Gasteiger partial charge >= 0.3 is 0 Å². The molecular formula is C17H15BrClN5O2. The van der Waals surface area contributed by atoms with Gasteiger partial charge in [0.2, 0.25) is 0 Å². The van der Waals surface area contributed by atoms with Gasteiger partial charge in [0.15, 0.2) is 6.61 Å². The Labute approximate surface area is 163 Å². The van der Waals surface area contributed by atoms with Crippen LogP contribution in [0.25, 0.3) is 11.0 Å². The van der Waals surface area contributed by atoms with Crippen molar-refractivity contribution in [2.45, 2.75) is 13.5 Å². The van der Waals surface area contributed by atoms with Gasteiger partial charge in [0.25, 0.3) is 5.91 Å². The van der Waals surface area contributed by atoms with Crippen molar-refractivity contribution >= 4 is 50.2 Å². The fourth-order valence-corrected chi connectivity index (χ4v) is 3.01. The van der Waals surface area contributed by atoms with Crippen molar-refractivity contribution in [3.63, 3.8) is 0 Å². The number of rotatable bonds is 6. The molecule has 9 heteroatoms. The second-order valence-corrected chi connectivity index (χ2v) is 6.77. The summed E-state index contributed by atoms with van der Waals surface area (Å²) in [5, 5.41) is 12.8. The van der Waals surface area contributed by atoms with Crippen LogP contribution in [0.2, 0.25) is 5.02 Å². The molecule has 0 radical (unpaired) electrons. The standard InChI is InChI=1S/C17H15BrClN5O2/c1-11(9-24-15-5-3-2-4-14(15)21-23-24)20-22-17(25)10-26-16-7-6-12(19)8-13(16)18/h2-8H,9-10H2,1H3,(H,22,25)/b20-11+. The van der Waals surface area contributed by atoms with Crippen LogP contribution in [0, 0.1) is 0 Å². The molecule has 0 aliphatic rings. The third-order valence-electron chi connectivity index (χ3n) is 3.42. The molecule has 0 unspecified atom stereocenters. The van der Waals surface area contributed by atoms with Crippen molar-refractivity contribution in [3.05, 3.63) is 52.0 Å². The molecule has 0 atom stereocenters. The molecule has 0 saturated carbocycles. The Bertz CT molecular complexity index is 973. The van der Waals surface area contributed by atoms with Crippen LogP contribution in [0.15, 0.2) is 52.0 Å². The summed E-state index contributed by atoms with van der Waals surface area (Å²) >= 11 is 9.19. The number of carbonyl (C=O) groups is 1. The Hall–Kier alpha value is -2.45. The molecule has 1 amide bonds. The highest BCUT2D eigenvalue weighted by atomic mass is 79.9. The van der Waals surface area contributed by atoms with Crippen LogP contribution in [0.5, 0.6) is 5.75 Å². The van der Waals surface area contributed by atoms with Crippen LogP contribution >= 0.6 is 27.5 Å². The molecule has 0 spiro atoms. The minimum absolute atomic E-state index is 0.163. The number of hydrazone groups is 1. The predicted molar refractivity (Wildman–Crippen MR) is 103 cm³/mol. The Morgan fingerprint density at radius 1 is 1.35 bits per heavy atom. The number of aromatic nitrogens is 3.